The number of hydrogen-bond acceptors (Lipinski definition) is 10. The minimum Gasteiger partial charge on any atom is -0.490 e. The molecule has 0 radical (unpaired) electrons. The molecule has 224 valence electrons. The number of H-pyrrole nitrogens is 1. The van der Waals surface area contributed by atoms with Crippen LogP contribution in [0.15, 0.2) is 29.3 Å². The number of nitrogen functional groups attached to an aromatic ring is 1. The predicted octanol–water partition coefficient (Wildman–Crippen LogP) is 3.07. The zero-order valence-electron chi connectivity index (χ0n) is 20.8. The largest absolute Gasteiger partial charge is 0.490 e. The molecule has 0 saturated heterocycles. The summed E-state index contributed by atoms with van der Waals surface area (Å²) >= 11 is 0. The lowest BCUT2D eigenvalue weighted by Crippen LogP contribution is -2.21. The molecule has 0 bridgehead atoms. The van der Waals surface area contributed by atoms with Crippen molar-refractivity contribution in [3.05, 3.63) is 24.7 Å². The Labute approximate surface area is 224 Å². The number of nitrogens with zero attached hydrogens (tertiary/aromatic N) is 5. The normalized spacial score (nSPS) is 11.3. The first-order valence-electron chi connectivity index (χ1n) is 11.2. The van der Waals surface area contributed by atoms with Gasteiger partial charge in [0.05, 0.1) is 18.5 Å². The summed E-state index contributed by atoms with van der Waals surface area (Å²) in [7, 11) is 0. The van der Waals surface area contributed by atoms with Gasteiger partial charge in [0.25, 0.3) is 0 Å². The Bertz CT molecular complexity index is 1430. The first-order chi connectivity index (χ1) is 19.1. The second-order valence-electron chi connectivity index (χ2n) is 7.54. The summed E-state index contributed by atoms with van der Waals surface area (Å²) in [5.41, 5.74) is 15.0. The lowest BCUT2D eigenvalue weighted by atomic mass is 10.2. The maximum Gasteiger partial charge on any atom is 0.490 e. The number of anilines is 1. The quantitative estimate of drug-likeness (QED) is 0.153. The van der Waals surface area contributed by atoms with Crippen LogP contribution in [0.1, 0.15) is 13.3 Å². The molecule has 4 rings (SSSR count). The summed E-state index contributed by atoms with van der Waals surface area (Å²) in [4.78, 5) is 30.2. The number of hydrogen-bond donors (Lipinski definition) is 5. The molecule has 4 aromatic rings. The molecule has 4 aromatic heterocycles. The first-order valence-corrected chi connectivity index (χ1v) is 11.2. The molecule has 0 unspecified atom stereocenters. The second-order valence-corrected chi connectivity index (χ2v) is 7.54. The molecule has 14 nitrogen and oxygen atoms in total. The average Bonchev–Trinajstić information content (AvgIpc) is 3.63. The number of aromatic amines is 1. The number of pyridine rings is 1. The van der Waals surface area contributed by atoms with Crippen molar-refractivity contribution in [3.8, 4) is 28.5 Å². The van der Waals surface area contributed by atoms with Crippen LogP contribution < -0.4 is 16.2 Å². The third kappa shape index (κ3) is 8.30. The van der Waals surface area contributed by atoms with E-state index in [1.165, 1.54) is 0 Å². The maximum absolute atomic E-state index is 10.6. The van der Waals surface area contributed by atoms with E-state index in [0.29, 0.717) is 42.5 Å². The number of halogens is 6. The highest BCUT2D eigenvalue weighted by molar-refractivity contribution is 5.95. The van der Waals surface area contributed by atoms with Crippen molar-refractivity contribution in [1.82, 2.24) is 29.8 Å². The Hall–Kier alpha value is -4.88. The molecule has 0 spiro atoms. The summed E-state index contributed by atoms with van der Waals surface area (Å²) < 4.78 is 76.1. The number of imidazole rings is 1. The van der Waals surface area contributed by atoms with Crippen molar-refractivity contribution < 1.29 is 55.5 Å². The van der Waals surface area contributed by atoms with Gasteiger partial charge in [0.15, 0.2) is 23.1 Å². The second kappa shape index (κ2) is 13.5. The highest BCUT2D eigenvalue weighted by atomic mass is 19.4. The summed E-state index contributed by atoms with van der Waals surface area (Å²) in [5.74, 6) is -4.14. The van der Waals surface area contributed by atoms with Gasteiger partial charge in [-0.3, -0.25) is 0 Å². The lowest BCUT2D eigenvalue weighted by molar-refractivity contribution is -0.193. The fourth-order valence-electron chi connectivity index (χ4n) is 3.01. The number of nitrogens with one attached hydrogen (secondary N) is 1. The third-order valence-corrected chi connectivity index (χ3v) is 4.74. The first kappa shape index (κ1) is 32.3. The van der Waals surface area contributed by atoms with Gasteiger partial charge in [0.1, 0.15) is 11.0 Å². The standard InChI is InChI=1S/C17H20N8O2.2C2HF3O2/c1-2-25-15-11(26-7-3-5-18)9-21-12(10-4-6-20-8-10)13(15)22-17(25)14-16(19)24-27-23-14;2*3-2(4,5)1(6)7/h4,6,8-9,20H,2-3,5,7,18H2,1H3,(H2,19,24);2*(H,6,7). The van der Waals surface area contributed by atoms with E-state index in [9.17, 15) is 26.3 Å². The molecular formula is C21H22F6N8O6. The van der Waals surface area contributed by atoms with Crippen LogP contribution in [0.5, 0.6) is 5.75 Å². The summed E-state index contributed by atoms with van der Waals surface area (Å²) in [5, 5.41) is 21.8. The molecular weight excluding hydrogens is 574 g/mol. The summed E-state index contributed by atoms with van der Waals surface area (Å²) in [6.07, 6.45) is -4.00. The number of ether oxygens (including phenoxy) is 1. The Balaban J connectivity index is 0.000000349. The van der Waals surface area contributed by atoms with Gasteiger partial charge >= 0.3 is 24.3 Å². The Morgan fingerprint density at radius 2 is 1.71 bits per heavy atom. The van der Waals surface area contributed by atoms with Gasteiger partial charge in [0, 0.05) is 24.5 Å². The Morgan fingerprint density at radius 1 is 1.10 bits per heavy atom. The van der Waals surface area contributed by atoms with Crippen molar-refractivity contribution >= 4 is 28.8 Å². The smallest absolute Gasteiger partial charge is 0.490 e. The third-order valence-electron chi connectivity index (χ3n) is 4.74. The molecule has 4 heterocycles. The number of aromatic nitrogens is 6. The number of carboxylic acid groups (broad SMARTS) is 2. The molecule has 0 saturated carbocycles. The van der Waals surface area contributed by atoms with Crippen LogP contribution in [0.3, 0.4) is 0 Å². The minimum absolute atomic E-state index is 0.182. The molecule has 7 N–H and O–H groups in total. The molecule has 0 fully saturated rings. The molecule has 0 aliphatic heterocycles. The average molecular weight is 596 g/mol. The van der Waals surface area contributed by atoms with E-state index in [2.05, 4.69) is 20.3 Å². The van der Waals surface area contributed by atoms with Crippen LogP contribution in [0, 0.1) is 0 Å². The molecule has 0 aliphatic carbocycles. The van der Waals surface area contributed by atoms with Gasteiger partial charge in [-0.25, -0.2) is 24.2 Å². The molecule has 0 aliphatic rings. The van der Waals surface area contributed by atoms with E-state index < -0.39 is 24.3 Å². The van der Waals surface area contributed by atoms with Crippen molar-refractivity contribution in [2.24, 2.45) is 5.73 Å². The fraction of sp³-hybridized carbons (Fsp3) is 0.333. The van der Waals surface area contributed by atoms with E-state index in [0.717, 1.165) is 23.2 Å². The SMILES string of the molecule is CCn1c(-c2nonc2N)nc2c(-c3cc[nH]c3)ncc(OCCCN)c21.O=C(O)C(F)(F)F.O=C(O)C(F)(F)F. The van der Waals surface area contributed by atoms with Gasteiger partial charge in [-0.05, 0) is 36.3 Å². The van der Waals surface area contributed by atoms with E-state index >= 15 is 0 Å². The number of rotatable bonds is 7. The maximum atomic E-state index is 10.6. The number of fused-ring (bicyclic) bond motifs is 1. The van der Waals surface area contributed by atoms with E-state index in [4.69, 9.17) is 45.6 Å². The van der Waals surface area contributed by atoms with Crippen LogP contribution in [0.2, 0.25) is 0 Å². The molecule has 0 atom stereocenters. The van der Waals surface area contributed by atoms with Crippen molar-refractivity contribution in [3.63, 3.8) is 0 Å². The number of aryl methyl sites for hydroxylation is 1. The van der Waals surface area contributed by atoms with E-state index in [1.54, 1.807) is 6.20 Å². The van der Waals surface area contributed by atoms with Crippen molar-refractivity contribution in [2.75, 3.05) is 18.9 Å². The molecule has 41 heavy (non-hydrogen) atoms. The highest BCUT2D eigenvalue weighted by Crippen LogP contribution is 2.36. The van der Waals surface area contributed by atoms with Crippen LogP contribution in [0.4, 0.5) is 32.2 Å². The minimum atomic E-state index is -5.08. The number of alkyl halides is 6. The predicted molar refractivity (Wildman–Crippen MR) is 127 cm³/mol. The van der Waals surface area contributed by atoms with Crippen LogP contribution >= 0.6 is 0 Å². The van der Waals surface area contributed by atoms with Crippen molar-refractivity contribution in [2.45, 2.75) is 32.2 Å². The number of nitrogens with two attached hydrogens (primary N) is 2. The lowest BCUT2D eigenvalue weighted by Gasteiger charge is -2.11. The zero-order chi connectivity index (χ0) is 31.0. The Morgan fingerprint density at radius 3 is 2.15 bits per heavy atom. The summed E-state index contributed by atoms with van der Waals surface area (Å²) in [6.45, 7) is 3.68. The zero-order valence-corrected chi connectivity index (χ0v) is 20.8. The topological polar surface area (TPSA) is 221 Å². The van der Waals surface area contributed by atoms with Crippen LogP contribution in [-0.2, 0) is 16.1 Å². The fourth-order valence-corrected chi connectivity index (χ4v) is 3.01. The van der Waals surface area contributed by atoms with E-state index in [1.807, 2.05) is 30.0 Å². The Kier molecular flexibility index (Phi) is 10.6. The molecule has 0 aromatic carbocycles. The van der Waals surface area contributed by atoms with E-state index in [-0.39, 0.29) is 5.82 Å². The molecule has 20 heteroatoms. The van der Waals surface area contributed by atoms with Gasteiger partial charge < -0.3 is 36.0 Å². The number of carbonyl (C=O) groups is 2. The van der Waals surface area contributed by atoms with Gasteiger partial charge in [0.2, 0.25) is 0 Å². The molecule has 0 amide bonds. The summed E-state index contributed by atoms with van der Waals surface area (Å²) in [6, 6.07) is 1.94. The van der Waals surface area contributed by atoms with Gasteiger partial charge in [-0.2, -0.15) is 26.3 Å². The van der Waals surface area contributed by atoms with Gasteiger partial charge in [-0.15, -0.1) is 0 Å². The highest BCUT2D eigenvalue weighted by Gasteiger charge is 2.38. The van der Waals surface area contributed by atoms with Gasteiger partial charge in [-0.1, -0.05) is 0 Å². The van der Waals surface area contributed by atoms with Crippen LogP contribution in [0.25, 0.3) is 33.8 Å². The number of aliphatic carboxylic acids is 2. The van der Waals surface area contributed by atoms with Crippen LogP contribution in [-0.4, -0.2) is 77.5 Å². The van der Waals surface area contributed by atoms with Crippen molar-refractivity contribution in [1.29, 1.82) is 0 Å². The number of carboxylic acids is 2. The monoisotopic (exact) mass is 596 g/mol.